The quantitative estimate of drug-likeness (QED) is 0.234. The van der Waals surface area contributed by atoms with Gasteiger partial charge in [0.2, 0.25) is 0 Å². The second-order valence-corrected chi connectivity index (χ2v) is 4.13. The maximum absolute atomic E-state index is 5.52. The molecule has 0 spiro atoms. The standard InChI is InChI=1S/C13H28N2O/c1-3-5-6-7-8-10-13(15-14)11-9-12-16-4-2/h3,13,15H,1,4-12,14H2,2H3. The molecule has 1 atom stereocenters. The predicted molar refractivity (Wildman–Crippen MR) is 70.1 cm³/mol. The first-order valence-corrected chi connectivity index (χ1v) is 6.49. The molecule has 3 heteroatoms. The summed E-state index contributed by atoms with van der Waals surface area (Å²) in [6, 6.07) is 0.448. The highest BCUT2D eigenvalue weighted by atomic mass is 16.5. The Morgan fingerprint density at radius 2 is 2.00 bits per heavy atom. The third-order valence-electron chi connectivity index (χ3n) is 2.74. The minimum absolute atomic E-state index is 0.448. The minimum atomic E-state index is 0.448. The van der Waals surface area contributed by atoms with Crippen LogP contribution in [0.1, 0.15) is 51.9 Å². The van der Waals surface area contributed by atoms with Gasteiger partial charge in [0.05, 0.1) is 0 Å². The molecule has 96 valence electrons. The van der Waals surface area contributed by atoms with Crippen LogP contribution in [0, 0.1) is 0 Å². The summed E-state index contributed by atoms with van der Waals surface area (Å²) < 4.78 is 5.31. The summed E-state index contributed by atoms with van der Waals surface area (Å²) in [5.41, 5.74) is 2.89. The van der Waals surface area contributed by atoms with Crippen LogP contribution in [-0.4, -0.2) is 19.3 Å². The van der Waals surface area contributed by atoms with E-state index in [1.807, 2.05) is 13.0 Å². The van der Waals surface area contributed by atoms with Crippen molar-refractivity contribution < 1.29 is 4.74 Å². The minimum Gasteiger partial charge on any atom is -0.382 e. The number of hydrazine groups is 1. The first-order valence-electron chi connectivity index (χ1n) is 6.49. The van der Waals surface area contributed by atoms with Crippen molar-refractivity contribution in [2.45, 2.75) is 57.9 Å². The van der Waals surface area contributed by atoms with Crippen molar-refractivity contribution in [3.63, 3.8) is 0 Å². The zero-order valence-electron chi connectivity index (χ0n) is 10.7. The van der Waals surface area contributed by atoms with Crippen LogP contribution in [0.3, 0.4) is 0 Å². The molecule has 0 heterocycles. The van der Waals surface area contributed by atoms with E-state index in [1.165, 1.54) is 25.7 Å². The Bertz CT molecular complexity index is 151. The van der Waals surface area contributed by atoms with Gasteiger partial charge in [-0.05, 0) is 39.0 Å². The van der Waals surface area contributed by atoms with Crippen LogP contribution in [0.4, 0.5) is 0 Å². The van der Waals surface area contributed by atoms with E-state index >= 15 is 0 Å². The highest BCUT2D eigenvalue weighted by Crippen LogP contribution is 2.09. The molecule has 16 heavy (non-hydrogen) atoms. The maximum atomic E-state index is 5.52. The van der Waals surface area contributed by atoms with E-state index in [0.29, 0.717) is 6.04 Å². The fourth-order valence-electron chi connectivity index (χ4n) is 1.74. The van der Waals surface area contributed by atoms with E-state index in [4.69, 9.17) is 10.6 Å². The fraction of sp³-hybridized carbons (Fsp3) is 0.846. The molecule has 0 fully saturated rings. The molecular formula is C13H28N2O. The van der Waals surface area contributed by atoms with Crippen molar-refractivity contribution in [1.29, 1.82) is 0 Å². The van der Waals surface area contributed by atoms with E-state index in [2.05, 4.69) is 12.0 Å². The summed E-state index contributed by atoms with van der Waals surface area (Å²) in [6.07, 6.45) is 10.3. The lowest BCUT2D eigenvalue weighted by molar-refractivity contribution is 0.140. The van der Waals surface area contributed by atoms with Gasteiger partial charge in [0.1, 0.15) is 0 Å². The molecule has 0 aromatic carbocycles. The van der Waals surface area contributed by atoms with Crippen molar-refractivity contribution in [3.8, 4) is 0 Å². The van der Waals surface area contributed by atoms with Gasteiger partial charge in [-0.2, -0.15) is 0 Å². The van der Waals surface area contributed by atoms with Crippen LogP contribution in [0.5, 0.6) is 0 Å². The van der Waals surface area contributed by atoms with Crippen LogP contribution >= 0.6 is 0 Å². The van der Waals surface area contributed by atoms with Crippen molar-refractivity contribution in [2.75, 3.05) is 13.2 Å². The molecule has 0 aromatic heterocycles. The van der Waals surface area contributed by atoms with Gasteiger partial charge in [0, 0.05) is 19.3 Å². The molecule has 0 aromatic rings. The molecular weight excluding hydrogens is 200 g/mol. The Balaban J connectivity index is 3.32. The first kappa shape index (κ1) is 15.6. The summed E-state index contributed by atoms with van der Waals surface area (Å²) >= 11 is 0. The van der Waals surface area contributed by atoms with Gasteiger partial charge < -0.3 is 4.74 Å². The molecule has 0 rings (SSSR count). The predicted octanol–water partition coefficient (Wildman–Crippen LogP) is 2.77. The van der Waals surface area contributed by atoms with E-state index in [-0.39, 0.29) is 0 Å². The zero-order chi connectivity index (χ0) is 12.1. The second-order valence-electron chi connectivity index (χ2n) is 4.13. The van der Waals surface area contributed by atoms with Gasteiger partial charge in [0.15, 0.2) is 0 Å². The molecule has 0 radical (unpaired) electrons. The zero-order valence-corrected chi connectivity index (χ0v) is 10.7. The average Bonchev–Trinajstić information content (AvgIpc) is 2.31. The lowest BCUT2D eigenvalue weighted by Gasteiger charge is -2.15. The lowest BCUT2D eigenvalue weighted by atomic mass is 10.0. The molecule has 0 bridgehead atoms. The average molecular weight is 228 g/mol. The van der Waals surface area contributed by atoms with Crippen molar-refractivity contribution in [3.05, 3.63) is 12.7 Å². The van der Waals surface area contributed by atoms with Crippen LogP contribution < -0.4 is 11.3 Å². The molecule has 0 aliphatic rings. The Morgan fingerprint density at radius 1 is 1.25 bits per heavy atom. The van der Waals surface area contributed by atoms with Gasteiger partial charge in [-0.3, -0.25) is 11.3 Å². The van der Waals surface area contributed by atoms with Gasteiger partial charge in [-0.1, -0.05) is 18.9 Å². The normalized spacial score (nSPS) is 12.6. The molecule has 1 unspecified atom stereocenters. The molecule has 0 saturated heterocycles. The number of nitrogens with two attached hydrogens (primary N) is 1. The number of nitrogens with one attached hydrogen (secondary N) is 1. The van der Waals surface area contributed by atoms with E-state index in [0.717, 1.165) is 32.5 Å². The first-order chi connectivity index (χ1) is 7.85. The van der Waals surface area contributed by atoms with Crippen molar-refractivity contribution in [2.24, 2.45) is 5.84 Å². The Kier molecular flexibility index (Phi) is 12.4. The maximum Gasteiger partial charge on any atom is 0.0466 e. The highest BCUT2D eigenvalue weighted by molar-refractivity contribution is 4.67. The molecule has 0 aliphatic heterocycles. The molecule has 0 amide bonds. The van der Waals surface area contributed by atoms with Crippen LogP contribution in [0.15, 0.2) is 12.7 Å². The van der Waals surface area contributed by atoms with Gasteiger partial charge >= 0.3 is 0 Å². The van der Waals surface area contributed by atoms with Gasteiger partial charge in [-0.25, -0.2) is 0 Å². The van der Waals surface area contributed by atoms with Crippen molar-refractivity contribution >= 4 is 0 Å². The third kappa shape index (κ3) is 10.1. The van der Waals surface area contributed by atoms with Crippen LogP contribution in [-0.2, 0) is 4.74 Å². The molecule has 0 saturated carbocycles. The van der Waals surface area contributed by atoms with Crippen LogP contribution in [0.2, 0.25) is 0 Å². The summed E-state index contributed by atoms with van der Waals surface area (Å²) in [6.45, 7) is 7.41. The number of rotatable bonds is 12. The topological polar surface area (TPSA) is 47.3 Å². The number of hydrogen-bond acceptors (Lipinski definition) is 3. The summed E-state index contributed by atoms with van der Waals surface area (Å²) in [5, 5.41) is 0. The van der Waals surface area contributed by atoms with E-state index < -0.39 is 0 Å². The lowest BCUT2D eigenvalue weighted by Crippen LogP contribution is -2.35. The highest BCUT2D eigenvalue weighted by Gasteiger charge is 2.05. The number of allylic oxidation sites excluding steroid dienone is 1. The smallest absolute Gasteiger partial charge is 0.0466 e. The second kappa shape index (κ2) is 12.7. The number of ether oxygens (including phenoxy) is 1. The summed E-state index contributed by atoms with van der Waals surface area (Å²) in [4.78, 5) is 0. The summed E-state index contributed by atoms with van der Waals surface area (Å²) in [7, 11) is 0. The molecule has 0 aliphatic carbocycles. The fourth-order valence-corrected chi connectivity index (χ4v) is 1.74. The largest absolute Gasteiger partial charge is 0.382 e. The van der Waals surface area contributed by atoms with Gasteiger partial charge in [0.25, 0.3) is 0 Å². The molecule has 3 nitrogen and oxygen atoms in total. The summed E-state index contributed by atoms with van der Waals surface area (Å²) in [5.74, 6) is 5.52. The third-order valence-corrected chi connectivity index (χ3v) is 2.74. The Labute approximate surface area is 100 Å². The van der Waals surface area contributed by atoms with Gasteiger partial charge in [-0.15, -0.1) is 6.58 Å². The molecule has 3 N–H and O–H groups in total. The van der Waals surface area contributed by atoms with E-state index in [1.54, 1.807) is 0 Å². The monoisotopic (exact) mass is 228 g/mol. The SMILES string of the molecule is C=CCCCCCC(CCCOCC)NN. The van der Waals surface area contributed by atoms with Crippen LogP contribution in [0.25, 0.3) is 0 Å². The Hall–Kier alpha value is -0.380. The number of hydrogen-bond donors (Lipinski definition) is 2. The number of unbranched alkanes of at least 4 members (excludes halogenated alkanes) is 3. The van der Waals surface area contributed by atoms with Crippen molar-refractivity contribution in [1.82, 2.24) is 5.43 Å². The Morgan fingerprint density at radius 3 is 2.62 bits per heavy atom. The van der Waals surface area contributed by atoms with E-state index in [9.17, 15) is 0 Å².